The Hall–Kier alpha value is -1.10. The molecule has 1 unspecified atom stereocenters. The predicted octanol–water partition coefficient (Wildman–Crippen LogP) is 4.30. The maximum absolute atomic E-state index is 12.0. The summed E-state index contributed by atoms with van der Waals surface area (Å²) in [5.74, 6) is -0.418. The smallest absolute Gasteiger partial charge is 0.339 e. The van der Waals surface area contributed by atoms with Crippen LogP contribution in [-0.4, -0.2) is 25.5 Å². The topological polar surface area (TPSA) is 44.8 Å². The van der Waals surface area contributed by atoms with E-state index >= 15 is 0 Å². The molecule has 1 aromatic rings. The Bertz CT molecular complexity index is 521. The van der Waals surface area contributed by atoms with Crippen molar-refractivity contribution in [3.8, 4) is 0 Å². The molecule has 0 spiro atoms. The molecule has 0 radical (unpaired) electrons. The molecule has 5 heteroatoms. The van der Waals surface area contributed by atoms with E-state index in [1.807, 2.05) is 19.9 Å². The molecule has 0 amide bonds. The van der Waals surface area contributed by atoms with E-state index in [9.17, 15) is 4.79 Å². The van der Waals surface area contributed by atoms with E-state index in [-0.39, 0.29) is 6.29 Å². The van der Waals surface area contributed by atoms with E-state index in [0.717, 1.165) is 31.4 Å². The van der Waals surface area contributed by atoms with Crippen LogP contribution in [0.15, 0.2) is 18.2 Å². The van der Waals surface area contributed by atoms with Gasteiger partial charge < -0.3 is 14.2 Å². The number of hydrogen-bond donors (Lipinski definition) is 0. The summed E-state index contributed by atoms with van der Waals surface area (Å²) in [5, 5.41) is 0.381. The highest BCUT2D eigenvalue weighted by Crippen LogP contribution is 2.31. The van der Waals surface area contributed by atoms with Gasteiger partial charge in [0.15, 0.2) is 6.29 Å². The fraction of sp³-hybridized carbons (Fsp3) is 0.588. The molecule has 1 aliphatic rings. The first-order chi connectivity index (χ1) is 10.4. The van der Waals surface area contributed by atoms with Crippen LogP contribution in [0.2, 0.25) is 5.02 Å². The van der Waals surface area contributed by atoms with Crippen molar-refractivity contribution < 1.29 is 19.0 Å². The molecule has 22 heavy (non-hydrogen) atoms. The van der Waals surface area contributed by atoms with E-state index in [1.54, 1.807) is 19.1 Å². The monoisotopic (exact) mass is 326 g/mol. The van der Waals surface area contributed by atoms with Gasteiger partial charge in [0.25, 0.3) is 0 Å². The average Bonchev–Trinajstić information content (AvgIpc) is 2.48. The molecule has 1 aliphatic heterocycles. The Morgan fingerprint density at radius 2 is 2.18 bits per heavy atom. The minimum atomic E-state index is -0.576. The number of hydrogen-bond acceptors (Lipinski definition) is 4. The van der Waals surface area contributed by atoms with Crippen molar-refractivity contribution in [2.24, 2.45) is 0 Å². The molecule has 0 bridgehead atoms. The van der Waals surface area contributed by atoms with E-state index in [0.29, 0.717) is 17.2 Å². The van der Waals surface area contributed by atoms with Gasteiger partial charge in [0.2, 0.25) is 0 Å². The lowest BCUT2D eigenvalue weighted by Gasteiger charge is -2.33. The van der Waals surface area contributed by atoms with Gasteiger partial charge >= 0.3 is 5.97 Å². The highest BCUT2D eigenvalue weighted by Gasteiger charge is 2.29. The highest BCUT2D eigenvalue weighted by atomic mass is 35.5. The third-order valence-corrected chi connectivity index (χ3v) is 4.05. The summed E-state index contributed by atoms with van der Waals surface area (Å²) in [6, 6.07) is 5.31. The number of benzene rings is 1. The van der Waals surface area contributed by atoms with Crippen LogP contribution in [0.5, 0.6) is 0 Å². The lowest BCUT2D eigenvalue weighted by atomic mass is 9.96. The SMILES string of the molecule is CCOC(=O)c1cc(C(C)(C)OC2CCCCO2)ccc1Cl. The van der Waals surface area contributed by atoms with Gasteiger partial charge in [-0.2, -0.15) is 0 Å². The van der Waals surface area contributed by atoms with Crippen LogP contribution in [0.25, 0.3) is 0 Å². The maximum Gasteiger partial charge on any atom is 0.339 e. The lowest BCUT2D eigenvalue weighted by molar-refractivity contribution is -0.219. The molecule has 1 fully saturated rings. The number of halogens is 1. The second kappa shape index (κ2) is 7.44. The molecule has 1 aromatic carbocycles. The van der Waals surface area contributed by atoms with E-state index in [4.69, 9.17) is 25.8 Å². The molecule has 0 saturated carbocycles. The molecule has 122 valence electrons. The van der Waals surface area contributed by atoms with Crippen LogP contribution >= 0.6 is 11.6 Å². The average molecular weight is 327 g/mol. The van der Waals surface area contributed by atoms with Crippen molar-refractivity contribution in [1.82, 2.24) is 0 Å². The minimum Gasteiger partial charge on any atom is -0.462 e. The number of rotatable bonds is 5. The van der Waals surface area contributed by atoms with Crippen molar-refractivity contribution in [2.75, 3.05) is 13.2 Å². The summed E-state index contributed by atoms with van der Waals surface area (Å²) in [7, 11) is 0. The third-order valence-electron chi connectivity index (χ3n) is 3.72. The van der Waals surface area contributed by atoms with Gasteiger partial charge in [0, 0.05) is 6.61 Å². The summed E-state index contributed by atoms with van der Waals surface area (Å²) in [4.78, 5) is 12.0. The summed E-state index contributed by atoms with van der Waals surface area (Å²) in [5.41, 5.74) is 0.657. The van der Waals surface area contributed by atoms with E-state index in [2.05, 4.69) is 0 Å². The molecule has 1 atom stereocenters. The summed E-state index contributed by atoms with van der Waals surface area (Å²) in [6.07, 6.45) is 2.87. The number of esters is 1. The standard InChI is InChI=1S/C17H23ClO4/c1-4-20-16(19)13-11-12(8-9-14(13)18)17(2,3)22-15-7-5-6-10-21-15/h8-9,11,15H,4-7,10H2,1-3H3. The fourth-order valence-electron chi connectivity index (χ4n) is 2.47. The van der Waals surface area contributed by atoms with Gasteiger partial charge in [-0.1, -0.05) is 17.7 Å². The molecule has 1 heterocycles. The normalized spacial score (nSPS) is 19.0. The second-order valence-corrected chi connectivity index (χ2v) is 6.25. The highest BCUT2D eigenvalue weighted by molar-refractivity contribution is 6.33. The van der Waals surface area contributed by atoms with E-state index in [1.165, 1.54) is 0 Å². The van der Waals surface area contributed by atoms with Crippen molar-refractivity contribution in [3.05, 3.63) is 34.3 Å². The largest absolute Gasteiger partial charge is 0.462 e. The lowest BCUT2D eigenvalue weighted by Crippen LogP contribution is -2.32. The van der Waals surface area contributed by atoms with Gasteiger partial charge in [-0.25, -0.2) is 4.79 Å². The van der Waals surface area contributed by atoms with Gasteiger partial charge in [-0.15, -0.1) is 0 Å². The Morgan fingerprint density at radius 1 is 1.41 bits per heavy atom. The molecule has 0 aromatic heterocycles. The first kappa shape index (κ1) is 17.3. The molecule has 4 nitrogen and oxygen atoms in total. The number of ether oxygens (including phenoxy) is 3. The molecule has 0 aliphatic carbocycles. The number of carbonyl (C=O) groups excluding carboxylic acids is 1. The fourth-order valence-corrected chi connectivity index (χ4v) is 2.66. The first-order valence-electron chi connectivity index (χ1n) is 7.70. The minimum absolute atomic E-state index is 0.203. The van der Waals surface area contributed by atoms with Gasteiger partial charge in [0.05, 0.1) is 22.8 Å². The van der Waals surface area contributed by atoms with Crippen LogP contribution in [0.3, 0.4) is 0 Å². The molecule has 2 rings (SSSR count). The van der Waals surface area contributed by atoms with Crippen LogP contribution in [0.4, 0.5) is 0 Å². The third kappa shape index (κ3) is 4.22. The zero-order valence-corrected chi connectivity index (χ0v) is 14.1. The van der Waals surface area contributed by atoms with Gasteiger partial charge in [0.1, 0.15) is 0 Å². The van der Waals surface area contributed by atoms with Crippen LogP contribution in [-0.2, 0) is 19.8 Å². The van der Waals surface area contributed by atoms with Gasteiger partial charge in [-0.05, 0) is 57.7 Å². The quantitative estimate of drug-likeness (QED) is 0.757. The summed E-state index contributed by atoms with van der Waals surface area (Å²) >= 11 is 6.10. The molecular weight excluding hydrogens is 304 g/mol. The Kier molecular flexibility index (Phi) is 5.84. The van der Waals surface area contributed by atoms with Crippen molar-refractivity contribution in [2.45, 2.75) is 51.9 Å². The van der Waals surface area contributed by atoms with Crippen molar-refractivity contribution in [3.63, 3.8) is 0 Å². The predicted molar refractivity (Wildman–Crippen MR) is 85.1 cm³/mol. The maximum atomic E-state index is 12.0. The Morgan fingerprint density at radius 3 is 2.82 bits per heavy atom. The zero-order chi connectivity index (χ0) is 16.2. The molecule has 1 saturated heterocycles. The van der Waals surface area contributed by atoms with Crippen LogP contribution in [0.1, 0.15) is 56.0 Å². The molecular formula is C17H23ClO4. The van der Waals surface area contributed by atoms with Crippen molar-refractivity contribution in [1.29, 1.82) is 0 Å². The second-order valence-electron chi connectivity index (χ2n) is 5.84. The molecule has 0 N–H and O–H groups in total. The van der Waals surface area contributed by atoms with E-state index < -0.39 is 11.6 Å². The van der Waals surface area contributed by atoms with Gasteiger partial charge in [-0.3, -0.25) is 0 Å². The van der Waals surface area contributed by atoms with Crippen LogP contribution < -0.4 is 0 Å². The Balaban J connectivity index is 2.18. The Labute approximate surface area is 136 Å². The van der Waals surface area contributed by atoms with Crippen molar-refractivity contribution >= 4 is 17.6 Å². The summed E-state index contributed by atoms with van der Waals surface area (Å²) < 4.78 is 16.8. The zero-order valence-electron chi connectivity index (χ0n) is 13.4. The first-order valence-corrected chi connectivity index (χ1v) is 8.08. The number of carbonyl (C=O) groups is 1. The summed E-state index contributed by atoms with van der Waals surface area (Å²) in [6.45, 7) is 6.74. The van der Waals surface area contributed by atoms with Crippen LogP contribution in [0, 0.1) is 0 Å².